The second-order valence-corrected chi connectivity index (χ2v) is 3.86. The third-order valence-corrected chi connectivity index (χ3v) is 3.22. The number of benzene rings is 1. The van der Waals surface area contributed by atoms with E-state index in [-0.39, 0.29) is 0 Å². The van der Waals surface area contributed by atoms with Crippen molar-refractivity contribution in [3.8, 4) is 0 Å². The van der Waals surface area contributed by atoms with E-state index in [1.807, 2.05) is 13.8 Å². The van der Waals surface area contributed by atoms with Crippen LogP contribution in [-0.2, 0) is 0 Å². The molecule has 1 heteroatoms. The molecule has 1 aliphatic heterocycles. The molecule has 0 saturated carbocycles. The lowest BCUT2D eigenvalue weighted by molar-refractivity contribution is 0.410. The van der Waals surface area contributed by atoms with Gasteiger partial charge in [-0.15, -0.1) is 0 Å². The SMILES string of the molecule is CC.c1ccc2c(c1)C1CCNC2C1. The van der Waals surface area contributed by atoms with Crippen LogP contribution in [0.3, 0.4) is 0 Å². The lowest BCUT2D eigenvalue weighted by atomic mass is 9.97. The monoisotopic (exact) mass is 189 g/mol. The van der Waals surface area contributed by atoms with Crippen LogP contribution >= 0.6 is 0 Å². The first-order chi connectivity index (χ1) is 6.95. The molecule has 1 aliphatic carbocycles. The van der Waals surface area contributed by atoms with Crippen LogP contribution < -0.4 is 5.32 Å². The quantitative estimate of drug-likeness (QED) is 0.660. The molecule has 3 rings (SSSR count). The average Bonchev–Trinajstić information content (AvgIpc) is 2.55. The van der Waals surface area contributed by atoms with Gasteiger partial charge in [0.25, 0.3) is 0 Å². The van der Waals surface area contributed by atoms with Gasteiger partial charge < -0.3 is 5.32 Å². The fourth-order valence-corrected chi connectivity index (χ4v) is 2.64. The number of rotatable bonds is 0. The molecule has 2 bridgehead atoms. The molecule has 1 nitrogen and oxygen atoms in total. The van der Waals surface area contributed by atoms with E-state index in [9.17, 15) is 0 Å². The van der Waals surface area contributed by atoms with Gasteiger partial charge in [-0.3, -0.25) is 0 Å². The highest BCUT2D eigenvalue weighted by Gasteiger charge is 2.32. The Morgan fingerprint density at radius 1 is 1.14 bits per heavy atom. The van der Waals surface area contributed by atoms with Crippen molar-refractivity contribution >= 4 is 0 Å². The average molecular weight is 189 g/mol. The summed E-state index contributed by atoms with van der Waals surface area (Å²) in [6.45, 7) is 5.20. The molecule has 1 aromatic rings. The van der Waals surface area contributed by atoms with E-state index < -0.39 is 0 Å². The molecule has 2 atom stereocenters. The van der Waals surface area contributed by atoms with Crippen molar-refractivity contribution in [2.75, 3.05) is 6.54 Å². The predicted molar refractivity (Wildman–Crippen MR) is 60.5 cm³/mol. The number of hydrogen-bond acceptors (Lipinski definition) is 1. The predicted octanol–water partition coefficient (Wildman–Crippen LogP) is 3.23. The van der Waals surface area contributed by atoms with Gasteiger partial charge in [0.15, 0.2) is 0 Å². The summed E-state index contributed by atoms with van der Waals surface area (Å²) < 4.78 is 0. The molecule has 0 aromatic heterocycles. The Morgan fingerprint density at radius 2 is 1.86 bits per heavy atom. The number of piperidine rings is 1. The zero-order chi connectivity index (χ0) is 9.97. The maximum Gasteiger partial charge on any atom is 0.0328 e. The van der Waals surface area contributed by atoms with Crippen LogP contribution in [0.15, 0.2) is 24.3 Å². The minimum atomic E-state index is 0.667. The second-order valence-electron chi connectivity index (χ2n) is 3.86. The molecule has 76 valence electrons. The maximum absolute atomic E-state index is 3.57. The van der Waals surface area contributed by atoms with Gasteiger partial charge in [0.1, 0.15) is 0 Å². The summed E-state index contributed by atoms with van der Waals surface area (Å²) in [5, 5.41) is 3.57. The van der Waals surface area contributed by atoms with Gasteiger partial charge in [-0.2, -0.15) is 0 Å². The van der Waals surface area contributed by atoms with E-state index in [1.165, 1.54) is 19.4 Å². The maximum atomic E-state index is 3.57. The van der Waals surface area contributed by atoms with E-state index >= 15 is 0 Å². The Bertz CT molecular complexity index is 277. The molecule has 0 spiro atoms. The Kier molecular flexibility index (Phi) is 2.87. The molecule has 1 fully saturated rings. The van der Waals surface area contributed by atoms with E-state index in [0.29, 0.717) is 6.04 Å². The summed E-state index contributed by atoms with van der Waals surface area (Å²) in [5.74, 6) is 0.854. The fraction of sp³-hybridized carbons (Fsp3) is 0.538. The van der Waals surface area contributed by atoms with Crippen molar-refractivity contribution in [2.45, 2.75) is 38.6 Å². The summed E-state index contributed by atoms with van der Waals surface area (Å²) in [4.78, 5) is 0. The van der Waals surface area contributed by atoms with Crippen LogP contribution in [0.25, 0.3) is 0 Å². The minimum absolute atomic E-state index is 0.667. The highest BCUT2D eigenvalue weighted by Crippen LogP contribution is 2.44. The zero-order valence-electron chi connectivity index (χ0n) is 9.09. The lowest BCUT2D eigenvalue weighted by Gasteiger charge is -2.20. The molecule has 1 heterocycles. The van der Waals surface area contributed by atoms with Crippen molar-refractivity contribution in [3.63, 3.8) is 0 Å². The van der Waals surface area contributed by atoms with Crippen molar-refractivity contribution in [1.29, 1.82) is 0 Å². The largest absolute Gasteiger partial charge is 0.310 e. The van der Waals surface area contributed by atoms with Gasteiger partial charge in [0.2, 0.25) is 0 Å². The van der Waals surface area contributed by atoms with E-state index in [0.717, 1.165) is 5.92 Å². The molecular formula is C13H19N. The van der Waals surface area contributed by atoms with Gasteiger partial charge >= 0.3 is 0 Å². The van der Waals surface area contributed by atoms with E-state index in [1.54, 1.807) is 11.1 Å². The topological polar surface area (TPSA) is 12.0 Å². The van der Waals surface area contributed by atoms with Gasteiger partial charge in [-0.25, -0.2) is 0 Å². The molecular weight excluding hydrogens is 170 g/mol. The van der Waals surface area contributed by atoms with Gasteiger partial charge in [0, 0.05) is 6.04 Å². The lowest BCUT2D eigenvalue weighted by Crippen LogP contribution is -2.24. The highest BCUT2D eigenvalue weighted by molar-refractivity contribution is 5.38. The number of hydrogen-bond donors (Lipinski definition) is 1. The zero-order valence-corrected chi connectivity index (χ0v) is 9.09. The van der Waals surface area contributed by atoms with Crippen LogP contribution in [-0.4, -0.2) is 6.54 Å². The van der Waals surface area contributed by atoms with Crippen LogP contribution in [0.4, 0.5) is 0 Å². The molecule has 0 radical (unpaired) electrons. The van der Waals surface area contributed by atoms with Crippen LogP contribution in [0.5, 0.6) is 0 Å². The van der Waals surface area contributed by atoms with Crippen molar-refractivity contribution in [1.82, 2.24) is 5.32 Å². The van der Waals surface area contributed by atoms with Crippen molar-refractivity contribution in [2.24, 2.45) is 0 Å². The standard InChI is InChI=1S/C11H13N.C2H6/c1-2-4-10-9(3-1)8-5-6-12-11(10)7-8;1-2/h1-4,8,11-12H,5-7H2;1-2H3. The molecule has 1 aromatic carbocycles. The molecule has 1 saturated heterocycles. The molecule has 0 amide bonds. The third-order valence-electron chi connectivity index (χ3n) is 3.22. The Hall–Kier alpha value is -0.820. The van der Waals surface area contributed by atoms with Gasteiger partial charge in [-0.1, -0.05) is 38.1 Å². The van der Waals surface area contributed by atoms with Crippen LogP contribution in [0.1, 0.15) is 49.8 Å². The van der Waals surface area contributed by atoms with Crippen molar-refractivity contribution in [3.05, 3.63) is 35.4 Å². The Morgan fingerprint density at radius 3 is 2.64 bits per heavy atom. The normalized spacial score (nSPS) is 27.6. The summed E-state index contributed by atoms with van der Waals surface area (Å²) in [7, 11) is 0. The number of fused-ring (bicyclic) bond motifs is 5. The molecule has 14 heavy (non-hydrogen) atoms. The summed E-state index contributed by atoms with van der Waals surface area (Å²) >= 11 is 0. The third kappa shape index (κ3) is 1.46. The smallest absolute Gasteiger partial charge is 0.0328 e. The van der Waals surface area contributed by atoms with Gasteiger partial charge in [0.05, 0.1) is 0 Å². The van der Waals surface area contributed by atoms with Crippen molar-refractivity contribution < 1.29 is 0 Å². The highest BCUT2D eigenvalue weighted by atomic mass is 14.9. The Balaban J connectivity index is 0.000000354. The van der Waals surface area contributed by atoms with Gasteiger partial charge in [-0.05, 0) is 36.4 Å². The molecule has 2 aliphatic rings. The summed E-state index contributed by atoms with van der Waals surface area (Å²) in [6.07, 6.45) is 2.66. The van der Waals surface area contributed by atoms with E-state index in [4.69, 9.17) is 0 Å². The number of nitrogens with one attached hydrogen (secondary N) is 1. The van der Waals surface area contributed by atoms with Crippen LogP contribution in [0.2, 0.25) is 0 Å². The Labute approximate surface area is 86.5 Å². The van der Waals surface area contributed by atoms with Crippen LogP contribution in [0, 0.1) is 0 Å². The van der Waals surface area contributed by atoms with E-state index in [2.05, 4.69) is 29.6 Å². The minimum Gasteiger partial charge on any atom is -0.310 e. The summed E-state index contributed by atoms with van der Waals surface area (Å²) in [5.41, 5.74) is 3.16. The first-order valence-corrected chi connectivity index (χ1v) is 5.77. The molecule has 2 unspecified atom stereocenters. The second kappa shape index (κ2) is 4.14. The summed E-state index contributed by atoms with van der Waals surface area (Å²) in [6, 6.07) is 9.56. The molecule has 1 N–H and O–H groups in total. The first kappa shape index (κ1) is 9.72. The fourth-order valence-electron chi connectivity index (χ4n) is 2.64. The first-order valence-electron chi connectivity index (χ1n) is 5.77.